The standard InChI is InChI=1S/C26H54O6/c1-5-6-7-8-9-10-11-12-13-14-15-17-29-21-24(2)31-23-26(4)32-22-25(3)30-20-19-28-18-16-27/h24-27H,5-23H2,1-4H3. The van der Waals surface area contributed by atoms with E-state index in [0.717, 1.165) is 13.0 Å². The highest BCUT2D eigenvalue weighted by Crippen LogP contribution is 2.11. The molecule has 0 aromatic rings. The van der Waals surface area contributed by atoms with Crippen LogP contribution in [-0.4, -0.2) is 76.3 Å². The molecule has 3 atom stereocenters. The Bertz CT molecular complexity index is 355. The Hall–Kier alpha value is -0.240. The van der Waals surface area contributed by atoms with Gasteiger partial charge in [-0.25, -0.2) is 0 Å². The van der Waals surface area contributed by atoms with E-state index >= 15 is 0 Å². The van der Waals surface area contributed by atoms with Crippen molar-refractivity contribution in [1.82, 2.24) is 0 Å². The summed E-state index contributed by atoms with van der Waals surface area (Å²) in [5.41, 5.74) is 0. The highest BCUT2D eigenvalue weighted by molar-refractivity contribution is 4.55. The lowest BCUT2D eigenvalue weighted by Gasteiger charge is -2.20. The quantitative estimate of drug-likeness (QED) is 0.170. The minimum atomic E-state index is 0.00160. The van der Waals surface area contributed by atoms with Crippen LogP contribution >= 0.6 is 0 Å². The number of aliphatic hydroxyl groups is 1. The third-order valence-electron chi connectivity index (χ3n) is 5.34. The average molecular weight is 463 g/mol. The Labute approximate surface area is 198 Å². The molecule has 0 amide bonds. The lowest BCUT2D eigenvalue weighted by Crippen LogP contribution is -2.27. The third-order valence-corrected chi connectivity index (χ3v) is 5.34. The molecule has 6 heteroatoms. The van der Waals surface area contributed by atoms with Crippen LogP contribution in [0.15, 0.2) is 0 Å². The van der Waals surface area contributed by atoms with Gasteiger partial charge >= 0.3 is 0 Å². The first-order chi connectivity index (χ1) is 15.6. The van der Waals surface area contributed by atoms with E-state index in [9.17, 15) is 0 Å². The van der Waals surface area contributed by atoms with Gasteiger partial charge in [-0.1, -0.05) is 71.1 Å². The van der Waals surface area contributed by atoms with E-state index in [1.165, 1.54) is 64.2 Å². The molecule has 3 unspecified atom stereocenters. The van der Waals surface area contributed by atoms with Gasteiger partial charge in [0.05, 0.1) is 64.6 Å². The van der Waals surface area contributed by atoms with Gasteiger partial charge in [-0.15, -0.1) is 0 Å². The van der Waals surface area contributed by atoms with Gasteiger partial charge in [-0.2, -0.15) is 0 Å². The molecule has 0 aliphatic heterocycles. The zero-order chi connectivity index (χ0) is 23.7. The topological polar surface area (TPSA) is 66.4 Å². The maximum atomic E-state index is 8.64. The molecule has 0 aliphatic rings. The van der Waals surface area contributed by atoms with Crippen molar-refractivity contribution in [1.29, 1.82) is 0 Å². The van der Waals surface area contributed by atoms with Crippen LogP contribution in [0.5, 0.6) is 0 Å². The Kier molecular flexibility index (Phi) is 25.2. The normalized spacial score (nSPS) is 14.5. The molecule has 0 bridgehead atoms. The molecular formula is C26H54O6. The summed E-state index contributed by atoms with van der Waals surface area (Å²) in [7, 11) is 0. The van der Waals surface area contributed by atoms with Crippen molar-refractivity contribution in [2.24, 2.45) is 0 Å². The van der Waals surface area contributed by atoms with E-state index in [1.807, 2.05) is 20.8 Å². The van der Waals surface area contributed by atoms with Crippen LogP contribution in [0.3, 0.4) is 0 Å². The highest BCUT2D eigenvalue weighted by atomic mass is 16.6. The van der Waals surface area contributed by atoms with Gasteiger partial charge < -0.3 is 28.8 Å². The average Bonchev–Trinajstić information content (AvgIpc) is 2.79. The molecule has 0 aromatic carbocycles. The van der Waals surface area contributed by atoms with Gasteiger partial charge in [0, 0.05) is 6.61 Å². The monoisotopic (exact) mass is 462 g/mol. The largest absolute Gasteiger partial charge is 0.394 e. The summed E-state index contributed by atoms with van der Waals surface area (Å²) < 4.78 is 28.2. The molecule has 0 rings (SSSR count). The number of hydrogen-bond acceptors (Lipinski definition) is 6. The SMILES string of the molecule is CCCCCCCCCCCCCOCC(C)OCC(C)OCC(C)OCCOCCO. The van der Waals surface area contributed by atoms with Crippen LogP contribution in [0.1, 0.15) is 98.3 Å². The Morgan fingerprint density at radius 1 is 0.500 bits per heavy atom. The van der Waals surface area contributed by atoms with Gasteiger partial charge in [0.15, 0.2) is 0 Å². The van der Waals surface area contributed by atoms with Crippen molar-refractivity contribution in [3.8, 4) is 0 Å². The first-order valence-corrected chi connectivity index (χ1v) is 13.2. The molecule has 0 saturated heterocycles. The van der Waals surface area contributed by atoms with Crippen LogP contribution < -0.4 is 0 Å². The number of ether oxygens (including phenoxy) is 5. The van der Waals surface area contributed by atoms with Crippen molar-refractivity contribution in [3.05, 3.63) is 0 Å². The van der Waals surface area contributed by atoms with Crippen molar-refractivity contribution < 1.29 is 28.8 Å². The molecule has 6 nitrogen and oxygen atoms in total. The van der Waals surface area contributed by atoms with E-state index in [-0.39, 0.29) is 24.9 Å². The molecule has 1 N–H and O–H groups in total. The predicted octanol–water partition coefficient (Wildman–Crippen LogP) is 5.54. The maximum Gasteiger partial charge on any atom is 0.0781 e. The number of hydrogen-bond donors (Lipinski definition) is 1. The van der Waals surface area contributed by atoms with Gasteiger partial charge in [-0.3, -0.25) is 0 Å². The number of aliphatic hydroxyl groups excluding tert-OH is 1. The van der Waals surface area contributed by atoms with Crippen molar-refractivity contribution in [3.63, 3.8) is 0 Å². The van der Waals surface area contributed by atoms with Crippen LogP contribution in [0.4, 0.5) is 0 Å². The van der Waals surface area contributed by atoms with Crippen LogP contribution in [0, 0.1) is 0 Å². The lowest BCUT2D eigenvalue weighted by atomic mass is 10.1. The first kappa shape index (κ1) is 31.8. The fourth-order valence-corrected chi connectivity index (χ4v) is 3.34. The van der Waals surface area contributed by atoms with Gasteiger partial charge in [0.1, 0.15) is 0 Å². The number of unbranched alkanes of at least 4 members (excludes halogenated alkanes) is 10. The minimum Gasteiger partial charge on any atom is -0.394 e. The van der Waals surface area contributed by atoms with E-state index in [2.05, 4.69) is 6.92 Å². The second kappa shape index (κ2) is 25.4. The second-order valence-corrected chi connectivity index (χ2v) is 8.92. The Morgan fingerprint density at radius 3 is 1.56 bits per heavy atom. The Morgan fingerprint density at radius 2 is 1.00 bits per heavy atom. The fraction of sp³-hybridized carbons (Fsp3) is 1.00. The zero-order valence-corrected chi connectivity index (χ0v) is 21.7. The summed E-state index contributed by atoms with van der Waals surface area (Å²) >= 11 is 0. The molecule has 32 heavy (non-hydrogen) atoms. The Balaban J connectivity index is 3.38. The molecule has 0 heterocycles. The van der Waals surface area contributed by atoms with Gasteiger partial charge in [0.25, 0.3) is 0 Å². The van der Waals surface area contributed by atoms with Crippen LogP contribution in [0.2, 0.25) is 0 Å². The van der Waals surface area contributed by atoms with Crippen LogP contribution in [-0.2, 0) is 23.7 Å². The highest BCUT2D eigenvalue weighted by Gasteiger charge is 2.10. The van der Waals surface area contributed by atoms with E-state index in [1.54, 1.807) is 0 Å². The first-order valence-electron chi connectivity index (χ1n) is 13.2. The molecule has 0 aromatic heterocycles. The van der Waals surface area contributed by atoms with E-state index in [0.29, 0.717) is 39.6 Å². The van der Waals surface area contributed by atoms with Crippen molar-refractivity contribution >= 4 is 0 Å². The van der Waals surface area contributed by atoms with Gasteiger partial charge in [0.2, 0.25) is 0 Å². The predicted molar refractivity (Wildman–Crippen MR) is 131 cm³/mol. The van der Waals surface area contributed by atoms with Crippen molar-refractivity contribution in [2.45, 2.75) is 117 Å². The fourth-order valence-electron chi connectivity index (χ4n) is 3.34. The minimum absolute atomic E-state index is 0.00160. The molecule has 0 aliphatic carbocycles. The third kappa shape index (κ3) is 24.4. The zero-order valence-electron chi connectivity index (χ0n) is 21.7. The second-order valence-electron chi connectivity index (χ2n) is 8.92. The molecular weight excluding hydrogens is 408 g/mol. The smallest absolute Gasteiger partial charge is 0.0781 e. The molecule has 0 saturated carbocycles. The molecule has 194 valence electrons. The van der Waals surface area contributed by atoms with Crippen molar-refractivity contribution in [2.75, 3.05) is 52.9 Å². The molecule has 0 fully saturated rings. The molecule has 0 radical (unpaired) electrons. The summed E-state index contributed by atoms with van der Waals surface area (Å²) in [5.74, 6) is 0. The number of rotatable bonds is 26. The van der Waals surface area contributed by atoms with Crippen LogP contribution in [0.25, 0.3) is 0 Å². The molecule has 0 spiro atoms. The maximum absolute atomic E-state index is 8.64. The van der Waals surface area contributed by atoms with E-state index in [4.69, 9.17) is 28.8 Å². The summed E-state index contributed by atoms with van der Waals surface area (Å²) in [6.45, 7) is 12.2. The summed E-state index contributed by atoms with van der Waals surface area (Å²) in [6.07, 6.45) is 15.0. The summed E-state index contributed by atoms with van der Waals surface area (Å²) in [4.78, 5) is 0. The van der Waals surface area contributed by atoms with E-state index < -0.39 is 0 Å². The summed E-state index contributed by atoms with van der Waals surface area (Å²) in [5, 5.41) is 8.64. The lowest BCUT2D eigenvalue weighted by molar-refractivity contribution is -0.0847. The van der Waals surface area contributed by atoms with Gasteiger partial charge in [-0.05, 0) is 27.2 Å². The summed E-state index contributed by atoms with van der Waals surface area (Å²) in [6, 6.07) is 0.